The Morgan fingerprint density at radius 3 is 2.47 bits per heavy atom. The highest BCUT2D eigenvalue weighted by Gasteiger charge is 2.17. The first kappa shape index (κ1) is 11.7. The molecular weight excluding hydrogens is 228 g/mol. The van der Waals surface area contributed by atoms with Crippen LogP contribution in [0, 0.1) is 11.6 Å². The molecule has 1 heterocycles. The van der Waals surface area contributed by atoms with Gasteiger partial charge in [-0.1, -0.05) is 12.1 Å². The lowest BCUT2D eigenvalue weighted by atomic mass is 10.1. The maximum Gasteiger partial charge on any atom is 0.226 e. The molecule has 0 bridgehead atoms. The standard InChI is InChI=1S/C11H11F2N3O/c1-2-9-15-11(16-17-9)10(14)6-3-7(12)5-8(13)4-6/h3-5,10H,2,14H2,1H3. The van der Waals surface area contributed by atoms with Crippen molar-refractivity contribution in [2.45, 2.75) is 19.4 Å². The Hall–Kier alpha value is -1.82. The predicted molar refractivity (Wildman–Crippen MR) is 56.1 cm³/mol. The molecule has 0 saturated heterocycles. The van der Waals surface area contributed by atoms with E-state index in [0.29, 0.717) is 12.3 Å². The first-order chi connectivity index (χ1) is 8.10. The molecule has 6 heteroatoms. The van der Waals surface area contributed by atoms with Crippen molar-refractivity contribution in [3.05, 3.63) is 47.1 Å². The number of benzene rings is 1. The normalized spacial score (nSPS) is 12.7. The van der Waals surface area contributed by atoms with Crippen molar-refractivity contribution in [1.82, 2.24) is 10.1 Å². The number of aryl methyl sites for hydroxylation is 1. The van der Waals surface area contributed by atoms with E-state index in [4.69, 9.17) is 10.3 Å². The number of nitrogens with zero attached hydrogens (tertiary/aromatic N) is 2. The fourth-order valence-electron chi connectivity index (χ4n) is 1.44. The second-order valence-electron chi connectivity index (χ2n) is 3.58. The van der Waals surface area contributed by atoms with Crippen molar-refractivity contribution < 1.29 is 13.3 Å². The van der Waals surface area contributed by atoms with Gasteiger partial charge in [-0.3, -0.25) is 0 Å². The molecule has 1 aromatic heterocycles. The van der Waals surface area contributed by atoms with E-state index >= 15 is 0 Å². The van der Waals surface area contributed by atoms with Crippen LogP contribution in [0.2, 0.25) is 0 Å². The Morgan fingerprint density at radius 1 is 1.29 bits per heavy atom. The highest BCUT2D eigenvalue weighted by Crippen LogP contribution is 2.19. The number of hydrogen-bond donors (Lipinski definition) is 1. The Kier molecular flexibility index (Phi) is 3.14. The fraction of sp³-hybridized carbons (Fsp3) is 0.273. The lowest BCUT2D eigenvalue weighted by Gasteiger charge is -2.07. The maximum absolute atomic E-state index is 13.0. The molecule has 0 amide bonds. The highest BCUT2D eigenvalue weighted by atomic mass is 19.1. The van der Waals surface area contributed by atoms with Gasteiger partial charge in [0.25, 0.3) is 0 Å². The minimum Gasteiger partial charge on any atom is -0.339 e. The molecule has 0 aliphatic rings. The minimum absolute atomic E-state index is 0.215. The van der Waals surface area contributed by atoms with E-state index < -0.39 is 17.7 Å². The van der Waals surface area contributed by atoms with Gasteiger partial charge in [0.15, 0.2) is 5.82 Å². The lowest BCUT2D eigenvalue weighted by molar-refractivity contribution is 0.375. The zero-order valence-electron chi connectivity index (χ0n) is 9.15. The van der Waals surface area contributed by atoms with Crippen molar-refractivity contribution in [2.75, 3.05) is 0 Å². The zero-order valence-corrected chi connectivity index (χ0v) is 9.15. The summed E-state index contributed by atoms with van der Waals surface area (Å²) in [5.74, 6) is -0.719. The van der Waals surface area contributed by atoms with Gasteiger partial charge < -0.3 is 10.3 Å². The van der Waals surface area contributed by atoms with Crippen LogP contribution in [0.4, 0.5) is 8.78 Å². The SMILES string of the molecule is CCc1nc(C(N)c2cc(F)cc(F)c2)no1. The van der Waals surface area contributed by atoms with Crippen LogP contribution in [0.1, 0.15) is 30.2 Å². The highest BCUT2D eigenvalue weighted by molar-refractivity contribution is 5.25. The summed E-state index contributed by atoms with van der Waals surface area (Å²) in [7, 11) is 0. The topological polar surface area (TPSA) is 64.9 Å². The summed E-state index contributed by atoms with van der Waals surface area (Å²) in [5, 5.41) is 3.67. The molecule has 0 aliphatic heterocycles. The molecule has 17 heavy (non-hydrogen) atoms. The molecule has 2 aromatic rings. The van der Waals surface area contributed by atoms with Gasteiger partial charge in [0.2, 0.25) is 5.89 Å². The third kappa shape index (κ3) is 2.47. The van der Waals surface area contributed by atoms with Crippen LogP contribution in [-0.4, -0.2) is 10.1 Å². The molecule has 1 atom stereocenters. The summed E-state index contributed by atoms with van der Waals surface area (Å²) in [4.78, 5) is 4.02. The van der Waals surface area contributed by atoms with Gasteiger partial charge >= 0.3 is 0 Å². The number of rotatable bonds is 3. The molecule has 0 fully saturated rings. The summed E-state index contributed by atoms with van der Waals surface area (Å²) in [6.07, 6.45) is 0.581. The third-order valence-electron chi connectivity index (χ3n) is 2.31. The minimum atomic E-state index is -0.802. The zero-order chi connectivity index (χ0) is 12.4. The Morgan fingerprint density at radius 2 is 1.94 bits per heavy atom. The monoisotopic (exact) mass is 239 g/mol. The van der Waals surface area contributed by atoms with Crippen molar-refractivity contribution in [2.24, 2.45) is 5.73 Å². The van der Waals surface area contributed by atoms with E-state index in [0.717, 1.165) is 18.2 Å². The van der Waals surface area contributed by atoms with Crippen LogP contribution in [0.15, 0.2) is 22.7 Å². The number of nitrogens with two attached hydrogens (primary N) is 1. The van der Waals surface area contributed by atoms with Gasteiger partial charge in [-0.25, -0.2) is 8.78 Å². The molecule has 0 spiro atoms. The van der Waals surface area contributed by atoms with Gasteiger partial charge in [-0.2, -0.15) is 4.98 Å². The van der Waals surface area contributed by atoms with Crippen LogP contribution >= 0.6 is 0 Å². The van der Waals surface area contributed by atoms with Gasteiger partial charge in [0.1, 0.15) is 11.6 Å². The van der Waals surface area contributed by atoms with Gasteiger partial charge in [-0.05, 0) is 17.7 Å². The molecule has 90 valence electrons. The van der Waals surface area contributed by atoms with Crippen LogP contribution in [0.25, 0.3) is 0 Å². The Balaban J connectivity index is 2.32. The molecule has 0 aliphatic carbocycles. The molecule has 0 saturated carbocycles. The van der Waals surface area contributed by atoms with Crippen LogP contribution in [0.5, 0.6) is 0 Å². The molecular formula is C11H11F2N3O. The lowest BCUT2D eigenvalue weighted by Crippen LogP contribution is -2.14. The summed E-state index contributed by atoms with van der Waals surface area (Å²) >= 11 is 0. The van der Waals surface area contributed by atoms with Crippen molar-refractivity contribution in [1.29, 1.82) is 0 Å². The Bertz CT molecular complexity index is 507. The van der Waals surface area contributed by atoms with E-state index in [2.05, 4.69) is 10.1 Å². The van der Waals surface area contributed by atoms with Crippen LogP contribution < -0.4 is 5.73 Å². The maximum atomic E-state index is 13.0. The summed E-state index contributed by atoms with van der Waals surface area (Å²) < 4.78 is 30.9. The quantitative estimate of drug-likeness (QED) is 0.889. The van der Waals surface area contributed by atoms with E-state index in [1.54, 1.807) is 0 Å². The van der Waals surface area contributed by atoms with Gasteiger partial charge in [-0.15, -0.1) is 0 Å². The molecule has 0 radical (unpaired) electrons. The molecule has 1 unspecified atom stereocenters. The average molecular weight is 239 g/mol. The molecule has 4 nitrogen and oxygen atoms in total. The van der Waals surface area contributed by atoms with E-state index in [1.165, 1.54) is 0 Å². The fourth-order valence-corrected chi connectivity index (χ4v) is 1.44. The number of aromatic nitrogens is 2. The van der Waals surface area contributed by atoms with Crippen LogP contribution in [0.3, 0.4) is 0 Å². The number of halogens is 2. The molecule has 2 rings (SSSR count). The van der Waals surface area contributed by atoms with Crippen molar-refractivity contribution >= 4 is 0 Å². The summed E-state index contributed by atoms with van der Waals surface area (Å²) in [6.45, 7) is 1.85. The average Bonchev–Trinajstić information content (AvgIpc) is 2.75. The summed E-state index contributed by atoms with van der Waals surface area (Å²) in [6, 6.07) is 2.28. The van der Waals surface area contributed by atoms with E-state index in [9.17, 15) is 8.78 Å². The first-order valence-corrected chi connectivity index (χ1v) is 5.14. The van der Waals surface area contributed by atoms with Crippen molar-refractivity contribution in [3.63, 3.8) is 0 Å². The van der Waals surface area contributed by atoms with Gasteiger partial charge in [0, 0.05) is 12.5 Å². The second-order valence-corrected chi connectivity index (χ2v) is 3.58. The molecule has 1 aromatic carbocycles. The smallest absolute Gasteiger partial charge is 0.226 e. The summed E-state index contributed by atoms with van der Waals surface area (Å²) in [5.41, 5.74) is 6.07. The Labute approximate surface area is 96.4 Å². The van der Waals surface area contributed by atoms with Crippen LogP contribution in [-0.2, 0) is 6.42 Å². The predicted octanol–water partition coefficient (Wildman–Crippen LogP) is 1.96. The van der Waals surface area contributed by atoms with E-state index in [-0.39, 0.29) is 11.4 Å². The molecule has 2 N–H and O–H groups in total. The number of hydrogen-bond acceptors (Lipinski definition) is 4. The van der Waals surface area contributed by atoms with Gasteiger partial charge in [0.05, 0.1) is 6.04 Å². The largest absolute Gasteiger partial charge is 0.339 e. The third-order valence-corrected chi connectivity index (χ3v) is 2.31. The van der Waals surface area contributed by atoms with Crippen molar-refractivity contribution in [3.8, 4) is 0 Å². The second kappa shape index (κ2) is 4.58. The first-order valence-electron chi connectivity index (χ1n) is 5.14. The van der Waals surface area contributed by atoms with E-state index in [1.807, 2.05) is 6.92 Å².